The SMILES string of the molecule is Cn1cc(C(=O)OC(C(N)=O)c2ccccc2)c2ccccc21. The molecule has 0 aliphatic rings. The number of primary amides is 1. The summed E-state index contributed by atoms with van der Waals surface area (Å²) in [6.07, 6.45) is 0.582. The zero-order chi connectivity index (χ0) is 16.4. The lowest BCUT2D eigenvalue weighted by Gasteiger charge is -2.14. The third-order valence-corrected chi connectivity index (χ3v) is 3.70. The Balaban J connectivity index is 1.94. The molecule has 0 aliphatic heterocycles. The van der Waals surface area contributed by atoms with E-state index in [4.69, 9.17) is 10.5 Å². The molecular weight excluding hydrogens is 292 g/mol. The Kier molecular flexibility index (Phi) is 3.85. The number of carbonyl (C=O) groups is 2. The van der Waals surface area contributed by atoms with Gasteiger partial charge in [-0.05, 0) is 6.07 Å². The van der Waals surface area contributed by atoms with E-state index in [0.717, 1.165) is 10.9 Å². The van der Waals surface area contributed by atoms with Gasteiger partial charge in [-0.3, -0.25) is 4.79 Å². The van der Waals surface area contributed by atoms with E-state index in [9.17, 15) is 9.59 Å². The maximum Gasteiger partial charge on any atom is 0.341 e. The largest absolute Gasteiger partial charge is 0.444 e. The fourth-order valence-corrected chi connectivity index (χ4v) is 2.59. The van der Waals surface area contributed by atoms with Gasteiger partial charge >= 0.3 is 5.97 Å². The molecule has 3 rings (SSSR count). The lowest BCUT2D eigenvalue weighted by Crippen LogP contribution is -2.26. The zero-order valence-electron chi connectivity index (χ0n) is 12.6. The number of amides is 1. The number of aryl methyl sites for hydroxylation is 1. The molecule has 5 nitrogen and oxygen atoms in total. The van der Waals surface area contributed by atoms with Crippen LogP contribution in [0.15, 0.2) is 60.8 Å². The predicted octanol–water partition coefficient (Wildman–Crippen LogP) is 2.56. The van der Waals surface area contributed by atoms with Crippen LogP contribution in [0, 0.1) is 0 Å². The standard InChI is InChI=1S/C18H16N2O3/c1-20-11-14(13-9-5-6-10-15(13)20)18(22)23-16(17(19)21)12-7-3-2-4-8-12/h2-11,16H,1H3,(H2,19,21). The third-order valence-electron chi connectivity index (χ3n) is 3.70. The lowest BCUT2D eigenvalue weighted by molar-refractivity contribution is -0.127. The van der Waals surface area contributed by atoms with Crippen molar-refractivity contribution in [3.05, 3.63) is 71.9 Å². The summed E-state index contributed by atoms with van der Waals surface area (Å²) in [4.78, 5) is 24.2. The Morgan fingerprint density at radius 3 is 2.39 bits per heavy atom. The van der Waals surface area contributed by atoms with Crippen LogP contribution in [-0.2, 0) is 16.6 Å². The molecule has 3 aromatic rings. The number of esters is 1. The number of carbonyl (C=O) groups excluding carboxylic acids is 2. The topological polar surface area (TPSA) is 74.3 Å². The highest BCUT2D eigenvalue weighted by Gasteiger charge is 2.25. The van der Waals surface area contributed by atoms with Crippen molar-refractivity contribution in [1.29, 1.82) is 0 Å². The van der Waals surface area contributed by atoms with Crippen molar-refractivity contribution >= 4 is 22.8 Å². The maximum atomic E-state index is 12.5. The number of ether oxygens (including phenoxy) is 1. The van der Waals surface area contributed by atoms with E-state index in [1.165, 1.54) is 0 Å². The van der Waals surface area contributed by atoms with Crippen LogP contribution in [0.5, 0.6) is 0 Å². The molecule has 0 bridgehead atoms. The molecule has 0 aliphatic carbocycles. The van der Waals surface area contributed by atoms with Gasteiger partial charge in [0.1, 0.15) is 0 Å². The first-order valence-electron chi connectivity index (χ1n) is 7.17. The van der Waals surface area contributed by atoms with Crippen LogP contribution in [0.2, 0.25) is 0 Å². The van der Waals surface area contributed by atoms with Crippen molar-refractivity contribution < 1.29 is 14.3 Å². The molecule has 1 heterocycles. The van der Waals surface area contributed by atoms with Crippen LogP contribution < -0.4 is 5.73 Å². The van der Waals surface area contributed by atoms with E-state index in [1.807, 2.05) is 41.9 Å². The number of fused-ring (bicyclic) bond motifs is 1. The Labute approximate surface area is 133 Å². The van der Waals surface area contributed by atoms with Gasteiger partial charge in [0.15, 0.2) is 0 Å². The number of nitrogens with zero attached hydrogens (tertiary/aromatic N) is 1. The summed E-state index contributed by atoms with van der Waals surface area (Å²) in [5.74, 6) is -1.28. The number of benzene rings is 2. The van der Waals surface area contributed by atoms with Gasteiger partial charge in [-0.15, -0.1) is 0 Å². The molecule has 5 heteroatoms. The second-order valence-corrected chi connectivity index (χ2v) is 5.27. The summed E-state index contributed by atoms with van der Waals surface area (Å²) in [5.41, 5.74) is 7.26. The van der Waals surface area contributed by atoms with Crippen LogP contribution in [0.4, 0.5) is 0 Å². The van der Waals surface area contributed by atoms with Crippen molar-refractivity contribution in [3.8, 4) is 0 Å². The Hall–Kier alpha value is -3.08. The van der Waals surface area contributed by atoms with Crippen LogP contribution in [0.25, 0.3) is 10.9 Å². The molecular formula is C18H16N2O3. The second kappa shape index (κ2) is 5.96. The van der Waals surface area contributed by atoms with Crippen LogP contribution in [-0.4, -0.2) is 16.4 Å². The van der Waals surface area contributed by atoms with Gasteiger partial charge in [-0.2, -0.15) is 0 Å². The minimum atomic E-state index is -1.11. The zero-order valence-corrected chi connectivity index (χ0v) is 12.6. The minimum Gasteiger partial charge on any atom is -0.444 e. The summed E-state index contributed by atoms with van der Waals surface area (Å²) >= 11 is 0. The highest BCUT2D eigenvalue weighted by Crippen LogP contribution is 2.24. The molecule has 1 atom stereocenters. The van der Waals surface area contributed by atoms with Gasteiger partial charge in [0.2, 0.25) is 6.10 Å². The highest BCUT2D eigenvalue weighted by molar-refractivity contribution is 6.05. The summed E-state index contributed by atoms with van der Waals surface area (Å²) in [5, 5.41) is 0.774. The predicted molar refractivity (Wildman–Crippen MR) is 86.7 cm³/mol. The molecule has 0 saturated carbocycles. The quantitative estimate of drug-likeness (QED) is 0.753. The molecule has 23 heavy (non-hydrogen) atoms. The van der Waals surface area contributed by atoms with E-state index in [0.29, 0.717) is 11.1 Å². The van der Waals surface area contributed by atoms with E-state index >= 15 is 0 Å². The van der Waals surface area contributed by atoms with Crippen LogP contribution in [0.1, 0.15) is 22.0 Å². The van der Waals surface area contributed by atoms with Crippen molar-refractivity contribution in [2.45, 2.75) is 6.10 Å². The average molecular weight is 308 g/mol. The monoisotopic (exact) mass is 308 g/mol. The molecule has 2 N–H and O–H groups in total. The van der Waals surface area contributed by atoms with E-state index in [2.05, 4.69) is 0 Å². The van der Waals surface area contributed by atoms with E-state index in [1.54, 1.807) is 30.5 Å². The van der Waals surface area contributed by atoms with Gasteiger partial charge < -0.3 is 15.0 Å². The highest BCUT2D eigenvalue weighted by atomic mass is 16.5. The van der Waals surface area contributed by atoms with Gasteiger partial charge in [0, 0.05) is 29.7 Å². The second-order valence-electron chi connectivity index (χ2n) is 5.27. The Bertz CT molecular complexity index is 868. The fourth-order valence-electron chi connectivity index (χ4n) is 2.59. The molecule has 1 aromatic heterocycles. The normalized spacial score (nSPS) is 12.0. The fraction of sp³-hybridized carbons (Fsp3) is 0.111. The van der Waals surface area contributed by atoms with E-state index in [-0.39, 0.29) is 0 Å². The van der Waals surface area contributed by atoms with Crippen molar-refractivity contribution in [2.24, 2.45) is 12.8 Å². The minimum absolute atomic E-state index is 0.408. The smallest absolute Gasteiger partial charge is 0.341 e. The van der Waals surface area contributed by atoms with Gasteiger partial charge in [-0.25, -0.2) is 4.79 Å². The summed E-state index contributed by atoms with van der Waals surface area (Å²) in [7, 11) is 1.85. The van der Waals surface area contributed by atoms with Crippen molar-refractivity contribution in [2.75, 3.05) is 0 Å². The number of hydrogen-bond donors (Lipinski definition) is 1. The molecule has 0 fully saturated rings. The first kappa shape index (κ1) is 14.8. The molecule has 0 saturated heterocycles. The first-order valence-corrected chi connectivity index (χ1v) is 7.17. The lowest BCUT2D eigenvalue weighted by atomic mass is 10.1. The summed E-state index contributed by atoms with van der Waals surface area (Å²) < 4.78 is 7.22. The average Bonchev–Trinajstić information content (AvgIpc) is 2.90. The van der Waals surface area contributed by atoms with Gasteiger partial charge in [0.25, 0.3) is 5.91 Å². The number of nitrogens with two attached hydrogens (primary N) is 1. The number of aromatic nitrogens is 1. The Morgan fingerprint density at radius 1 is 1.04 bits per heavy atom. The maximum absolute atomic E-state index is 12.5. The number of rotatable bonds is 4. The molecule has 1 unspecified atom stereocenters. The van der Waals surface area contributed by atoms with Crippen molar-refractivity contribution in [3.63, 3.8) is 0 Å². The van der Waals surface area contributed by atoms with Gasteiger partial charge in [0.05, 0.1) is 5.56 Å². The molecule has 2 aromatic carbocycles. The molecule has 1 amide bonds. The summed E-state index contributed by atoms with van der Waals surface area (Å²) in [6.45, 7) is 0. The number of para-hydroxylation sites is 1. The number of hydrogen-bond acceptors (Lipinski definition) is 3. The van der Waals surface area contributed by atoms with Crippen LogP contribution in [0.3, 0.4) is 0 Å². The molecule has 0 spiro atoms. The third kappa shape index (κ3) is 2.81. The summed E-state index contributed by atoms with van der Waals surface area (Å²) in [6, 6.07) is 16.2. The van der Waals surface area contributed by atoms with Crippen molar-refractivity contribution in [1.82, 2.24) is 4.57 Å². The molecule has 0 radical (unpaired) electrons. The first-order chi connectivity index (χ1) is 11.1. The molecule has 116 valence electrons. The Morgan fingerprint density at radius 2 is 1.70 bits per heavy atom. The van der Waals surface area contributed by atoms with Gasteiger partial charge in [-0.1, -0.05) is 48.5 Å². The van der Waals surface area contributed by atoms with E-state index < -0.39 is 18.0 Å². The van der Waals surface area contributed by atoms with Crippen LogP contribution >= 0.6 is 0 Å².